The zero-order chi connectivity index (χ0) is 17.1. The molecule has 0 aliphatic carbocycles. The minimum absolute atomic E-state index is 0.0542. The average Bonchev–Trinajstić information content (AvgIpc) is 3.17. The Morgan fingerprint density at radius 3 is 2.64 bits per heavy atom. The smallest absolute Gasteiger partial charge is 0.322 e. The summed E-state index contributed by atoms with van der Waals surface area (Å²) in [7, 11) is 0. The number of anilines is 1. The highest BCUT2D eigenvalue weighted by Crippen LogP contribution is 2.33. The number of fused-ring (bicyclic) bond motifs is 1. The fourth-order valence-corrected chi connectivity index (χ4v) is 4.01. The fourth-order valence-electron chi connectivity index (χ4n) is 4.01. The number of urea groups is 1. The zero-order valence-corrected chi connectivity index (χ0v) is 14.7. The van der Waals surface area contributed by atoms with Crippen LogP contribution in [-0.2, 0) is 9.47 Å². The standard InChI is InChI=1S/C19H27N3O3/c23-19-20-16(8-11-21-9-4-1-5-10-21)15-6-2-3-7-17(15)22(19)14-18-24-12-13-25-18/h2-3,6-7,16,18H,1,4-5,8-14H2,(H,20,23). The maximum Gasteiger partial charge on any atom is 0.322 e. The molecule has 1 aromatic carbocycles. The number of likely N-dealkylation sites (tertiary alicyclic amines) is 1. The summed E-state index contributed by atoms with van der Waals surface area (Å²) in [5.74, 6) is 0. The van der Waals surface area contributed by atoms with Crippen molar-refractivity contribution < 1.29 is 14.3 Å². The van der Waals surface area contributed by atoms with Gasteiger partial charge in [-0.25, -0.2) is 4.79 Å². The number of amides is 2. The molecule has 25 heavy (non-hydrogen) atoms. The lowest BCUT2D eigenvalue weighted by molar-refractivity contribution is -0.0333. The number of carbonyl (C=O) groups excluding carboxylic acids is 1. The Morgan fingerprint density at radius 2 is 1.84 bits per heavy atom. The van der Waals surface area contributed by atoms with Crippen LogP contribution in [0.2, 0.25) is 0 Å². The van der Waals surface area contributed by atoms with Crippen molar-refractivity contribution in [3.63, 3.8) is 0 Å². The molecule has 1 atom stereocenters. The summed E-state index contributed by atoms with van der Waals surface area (Å²) >= 11 is 0. The van der Waals surface area contributed by atoms with Gasteiger partial charge in [-0.2, -0.15) is 0 Å². The molecule has 0 radical (unpaired) electrons. The summed E-state index contributed by atoms with van der Waals surface area (Å²) in [4.78, 5) is 17.0. The molecule has 6 heteroatoms. The molecule has 2 saturated heterocycles. The molecule has 2 amide bonds. The van der Waals surface area contributed by atoms with Crippen molar-refractivity contribution in [1.29, 1.82) is 0 Å². The van der Waals surface area contributed by atoms with Crippen molar-refractivity contribution in [1.82, 2.24) is 10.2 Å². The van der Waals surface area contributed by atoms with Crippen LogP contribution < -0.4 is 10.2 Å². The summed E-state index contributed by atoms with van der Waals surface area (Å²) in [5, 5.41) is 3.19. The van der Waals surface area contributed by atoms with Gasteiger partial charge in [-0.3, -0.25) is 4.90 Å². The molecule has 3 heterocycles. The second-order valence-corrected chi connectivity index (χ2v) is 7.03. The molecule has 0 aromatic heterocycles. The Balaban J connectivity index is 1.46. The quantitative estimate of drug-likeness (QED) is 0.891. The van der Waals surface area contributed by atoms with E-state index in [0.29, 0.717) is 19.8 Å². The first kappa shape index (κ1) is 16.8. The highest BCUT2D eigenvalue weighted by Gasteiger charge is 2.33. The van der Waals surface area contributed by atoms with Crippen molar-refractivity contribution in [2.75, 3.05) is 44.3 Å². The highest BCUT2D eigenvalue weighted by molar-refractivity contribution is 5.95. The Labute approximate surface area is 149 Å². The van der Waals surface area contributed by atoms with E-state index in [4.69, 9.17) is 9.47 Å². The van der Waals surface area contributed by atoms with Gasteiger partial charge in [-0.15, -0.1) is 0 Å². The topological polar surface area (TPSA) is 54.0 Å². The molecule has 2 fully saturated rings. The number of nitrogens with one attached hydrogen (secondary N) is 1. The summed E-state index contributed by atoms with van der Waals surface area (Å²) in [5.41, 5.74) is 2.17. The molecule has 0 spiro atoms. The van der Waals surface area contributed by atoms with Crippen LogP contribution in [0.5, 0.6) is 0 Å². The molecule has 4 rings (SSSR count). The molecule has 1 unspecified atom stereocenters. The summed E-state index contributed by atoms with van der Waals surface area (Å²) in [6, 6.07) is 8.21. The molecule has 136 valence electrons. The third-order valence-corrected chi connectivity index (χ3v) is 5.35. The van der Waals surface area contributed by atoms with E-state index in [1.165, 1.54) is 37.9 Å². The Kier molecular flexibility index (Phi) is 5.20. The van der Waals surface area contributed by atoms with E-state index in [1.54, 1.807) is 4.90 Å². The van der Waals surface area contributed by atoms with Gasteiger partial charge in [0.2, 0.25) is 0 Å². The van der Waals surface area contributed by atoms with E-state index in [-0.39, 0.29) is 18.4 Å². The van der Waals surface area contributed by atoms with Crippen LogP contribution in [0, 0.1) is 0 Å². The molecular formula is C19H27N3O3. The van der Waals surface area contributed by atoms with Crippen LogP contribution in [-0.4, -0.2) is 56.6 Å². The lowest BCUT2D eigenvalue weighted by Gasteiger charge is -2.37. The average molecular weight is 345 g/mol. The number of ether oxygens (including phenoxy) is 2. The lowest BCUT2D eigenvalue weighted by atomic mass is 9.98. The normalized spacial score (nSPS) is 25.0. The lowest BCUT2D eigenvalue weighted by Crippen LogP contribution is -2.50. The number of rotatable bonds is 5. The Morgan fingerprint density at radius 1 is 1.08 bits per heavy atom. The molecule has 0 saturated carbocycles. The van der Waals surface area contributed by atoms with E-state index in [2.05, 4.69) is 16.3 Å². The fraction of sp³-hybridized carbons (Fsp3) is 0.632. The molecule has 1 N–H and O–H groups in total. The maximum absolute atomic E-state index is 12.7. The number of para-hydroxylation sites is 1. The number of piperidine rings is 1. The van der Waals surface area contributed by atoms with E-state index in [0.717, 1.165) is 18.7 Å². The molecule has 1 aromatic rings. The van der Waals surface area contributed by atoms with Gasteiger partial charge in [0.25, 0.3) is 0 Å². The van der Waals surface area contributed by atoms with Gasteiger partial charge >= 0.3 is 6.03 Å². The summed E-state index contributed by atoms with van der Waals surface area (Å²) < 4.78 is 11.0. The monoisotopic (exact) mass is 345 g/mol. The van der Waals surface area contributed by atoms with Crippen LogP contribution >= 0.6 is 0 Å². The Bertz CT molecular complexity index is 597. The summed E-state index contributed by atoms with van der Waals surface area (Å²) in [6.07, 6.45) is 4.56. The van der Waals surface area contributed by atoms with E-state index >= 15 is 0 Å². The van der Waals surface area contributed by atoms with Gasteiger partial charge in [0.05, 0.1) is 31.5 Å². The van der Waals surface area contributed by atoms with E-state index in [1.807, 2.05) is 18.2 Å². The second-order valence-electron chi connectivity index (χ2n) is 7.03. The van der Waals surface area contributed by atoms with Crippen LogP contribution in [0.1, 0.15) is 37.3 Å². The van der Waals surface area contributed by atoms with E-state index < -0.39 is 0 Å². The number of carbonyl (C=O) groups is 1. The van der Waals surface area contributed by atoms with Gasteiger partial charge in [0.1, 0.15) is 0 Å². The van der Waals surface area contributed by atoms with Crippen molar-refractivity contribution in [2.24, 2.45) is 0 Å². The number of hydrogen-bond donors (Lipinski definition) is 1. The van der Waals surface area contributed by atoms with E-state index in [9.17, 15) is 4.79 Å². The Hall–Kier alpha value is -1.63. The van der Waals surface area contributed by atoms with Crippen LogP contribution in [0.15, 0.2) is 24.3 Å². The maximum atomic E-state index is 12.7. The second kappa shape index (κ2) is 7.72. The minimum atomic E-state index is -0.330. The van der Waals surface area contributed by atoms with Gasteiger partial charge in [-0.1, -0.05) is 24.6 Å². The van der Waals surface area contributed by atoms with Gasteiger partial charge in [0.15, 0.2) is 6.29 Å². The number of hydrogen-bond acceptors (Lipinski definition) is 4. The largest absolute Gasteiger partial charge is 0.348 e. The highest BCUT2D eigenvalue weighted by atomic mass is 16.7. The molecule has 3 aliphatic heterocycles. The molecule has 3 aliphatic rings. The van der Waals surface area contributed by atoms with Gasteiger partial charge in [0, 0.05) is 6.54 Å². The van der Waals surface area contributed by atoms with Crippen molar-refractivity contribution in [2.45, 2.75) is 38.0 Å². The zero-order valence-electron chi connectivity index (χ0n) is 14.7. The van der Waals surface area contributed by atoms with Crippen molar-refractivity contribution >= 4 is 11.7 Å². The van der Waals surface area contributed by atoms with Crippen molar-refractivity contribution in [3.05, 3.63) is 29.8 Å². The first-order valence-corrected chi connectivity index (χ1v) is 9.44. The molecule has 6 nitrogen and oxygen atoms in total. The van der Waals surface area contributed by atoms with Crippen LogP contribution in [0.25, 0.3) is 0 Å². The van der Waals surface area contributed by atoms with Crippen LogP contribution in [0.4, 0.5) is 10.5 Å². The minimum Gasteiger partial charge on any atom is -0.348 e. The molecular weight excluding hydrogens is 318 g/mol. The van der Waals surface area contributed by atoms with Crippen LogP contribution in [0.3, 0.4) is 0 Å². The van der Waals surface area contributed by atoms with Gasteiger partial charge in [-0.05, 0) is 44.0 Å². The SMILES string of the molecule is O=C1NC(CCN2CCCCC2)c2ccccc2N1CC1OCCO1. The van der Waals surface area contributed by atoms with Gasteiger partial charge < -0.3 is 19.7 Å². The molecule has 0 bridgehead atoms. The first-order chi connectivity index (χ1) is 12.3. The third-order valence-electron chi connectivity index (χ3n) is 5.35. The number of nitrogens with zero attached hydrogens (tertiary/aromatic N) is 2. The summed E-state index contributed by atoms with van der Waals surface area (Å²) in [6.45, 7) is 5.03. The number of benzene rings is 1. The van der Waals surface area contributed by atoms with Crippen molar-refractivity contribution in [3.8, 4) is 0 Å². The predicted molar refractivity (Wildman–Crippen MR) is 95.7 cm³/mol. The predicted octanol–water partition coefficient (Wildman–Crippen LogP) is 2.51. The third kappa shape index (κ3) is 3.81. The first-order valence-electron chi connectivity index (χ1n) is 9.44.